The van der Waals surface area contributed by atoms with Crippen molar-refractivity contribution in [2.45, 2.75) is 32.0 Å². The number of nitrogens with one attached hydrogen (secondary N) is 1. The number of nitrogens with zero attached hydrogens (tertiary/aromatic N) is 1. The van der Waals surface area contributed by atoms with Gasteiger partial charge in [-0.3, -0.25) is 0 Å². The molecule has 66 valence electrons. The summed E-state index contributed by atoms with van der Waals surface area (Å²) in [6, 6.07) is 0.747. The molecule has 1 aliphatic heterocycles. The van der Waals surface area contributed by atoms with Gasteiger partial charge in [-0.2, -0.15) is 0 Å². The Morgan fingerprint density at radius 2 is 2.18 bits per heavy atom. The first-order valence-corrected chi connectivity index (χ1v) is 4.17. The van der Waals surface area contributed by atoms with E-state index in [1.54, 1.807) is 0 Å². The van der Waals surface area contributed by atoms with Gasteiger partial charge in [-0.25, -0.2) is 4.39 Å². The molecular weight excluding hydrogens is 143 g/mol. The molecule has 1 N–H and O–H groups in total. The van der Waals surface area contributed by atoms with Crippen molar-refractivity contribution in [1.29, 1.82) is 0 Å². The maximum absolute atomic E-state index is 12.4. The van der Waals surface area contributed by atoms with E-state index in [1.807, 2.05) is 7.05 Å². The van der Waals surface area contributed by atoms with Crippen molar-refractivity contribution in [2.75, 3.05) is 20.3 Å². The molecule has 0 spiro atoms. The lowest BCUT2D eigenvalue weighted by molar-refractivity contribution is 0.118. The molecule has 1 aliphatic rings. The van der Waals surface area contributed by atoms with E-state index in [4.69, 9.17) is 0 Å². The van der Waals surface area contributed by atoms with Gasteiger partial charge in [-0.1, -0.05) is 0 Å². The molecule has 0 aromatic rings. The molecule has 1 rings (SSSR count). The number of hydrogen-bond acceptors (Lipinski definition) is 2. The van der Waals surface area contributed by atoms with Crippen molar-refractivity contribution >= 4 is 0 Å². The highest BCUT2D eigenvalue weighted by atomic mass is 19.1. The van der Waals surface area contributed by atoms with Gasteiger partial charge in [0, 0.05) is 18.6 Å². The van der Waals surface area contributed by atoms with Gasteiger partial charge >= 0.3 is 0 Å². The molecule has 2 nitrogen and oxygen atoms in total. The first-order valence-electron chi connectivity index (χ1n) is 4.17. The molecule has 0 aromatic heterocycles. The lowest BCUT2D eigenvalue weighted by Crippen LogP contribution is -2.59. The summed E-state index contributed by atoms with van der Waals surface area (Å²) < 4.78 is 12.4. The van der Waals surface area contributed by atoms with Crippen molar-refractivity contribution < 1.29 is 4.39 Å². The second-order valence-corrected chi connectivity index (χ2v) is 3.51. The summed E-state index contributed by atoms with van der Waals surface area (Å²) in [5.41, 5.74) is 0. The molecule has 1 saturated heterocycles. The smallest absolute Gasteiger partial charge is 0.106 e. The number of hydrogen-bond donors (Lipinski definition) is 1. The Morgan fingerprint density at radius 1 is 1.55 bits per heavy atom. The van der Waals surface area contributed by atoms with Gasteiger partial charge < -0.3 is 10.2 Å². The van der Waals surface area contributed by atoms with Crippen LogP contribution < -0.4 is 5.32 Å². The quantitative estimate of drug-likeness (QED) is 0.605. The Morgan fingerprint density at radius 3 is 2.73 bits per heavy atom. The van der Waals surface area contributed by atoms with Crippen molar-refractivity contribution in [3.8, 4) is 0 Å². The monoisotopic (exact) mass is 160 g/mol. The molecule has 0 aliphatic carbocycles. The highest BCUT2D eigenvalue weighted by Gasteiger charge is 2.28. The van der Waals surface area contributed by atoms with E-state index < -0.39 is 0 Å². The molecule has 0 unspecified atom stereocenters. The van der Waals surface area contributed by atoms with E-state index in [-0.39, 0.29) is 12.7 Å². The average Bonchev–Trinajstić information content (AvgIpc) is 1.96. The second kappa shape index (κ2) is 3.50. The van der Waals surface area contributed by atoms with Gasteiger partial charge in [-0.05, 0) is 20.9 Å². The Labute approximate surface area is 67.8 Å². The van der Waals surface area contributed by atoms with Gasteiger partial charge in [0.15, 0.2) is 0 Å². The van der Waals surface area contributed by atoms with Gasteiger partial charge in [-0.15, -0.1) is 0 Å². The van der Waals surface area contributed by atoms with E-state index in [2.05, 4.69) is 24.1 Å². The zero-order valence-corrected chi connectivity index (χ0v) is 7.47. The predicted octanol–water partition coefficient (Wildman–Crippen LogP) is 0.636. The van der Waals surface area contributed by atoms with Crippen LogP contribution in [0.15, 0.2) is 0 Å². The van der Waals surface area contributed by atoms with E-state index in [0.717, 1.165) is 6.54 Å². The highest BCUT2D eigenvalue weighted by Crippen LogP contribution is 2.10. The molecule has 3 heteroatoms. The molecule has 0 bridgehead atoms. The number of halogens is 1. The topological polar surface area (TPSA) is 15.3 Å². The Balaban J connectivity index is 2.51. The van der Waals surface area contributed by atoms with Crippen molar-refractivity contribution in [1.82, 2.24) is 10.2 Å². The standard InChI is InChI=1S/C8H17FN2/c1-6-5-11(3)7(2)8(4-9)10-6/h6-8,10H,4-5H2,1-3H3/t6-,7+,8+/m1/s1. The summed E-state index contributed by atoms with van der Waals surface area (Å²) in [5, 5.41) is 3.23. The fraction of sp³-hybridized carbons (Fsp3) is 1.00. The largest absolute Gasteiger partial charge is 0.306 e. The SMILES string of the molecule is C[C@@H]1CN(C)[C@@H](C)[C@H](CF)N1. The molecule has 0 amide bonds. The van der Waals surface area contributed by atoms with Gasteiger partial charge in [0.05, 0.1) is 6.04 Å². The Hall–Kier alpha value is -0.150. The van der Waals surface area contributed by atoms with E-state index in [9.17, 15) is 4.39 Å². The summed E-state index contributed by atoms with van der Waals surface area (Å²) in [7, 11) is 2.05. The highest BCUT2D eigenvalue weighted by molar-refractivity contribution is 4.88. The van der Waals surface area contributed by atoms with Gasteiger partial charge in [0.1, 0.15) is 6.67 Å². The van der Waals surface area contributed by atoms with Crippen LogP contribution in [-0.4, -0.2) is 43.3 Å². The van der Waals surface area contributed by atoms with Crippen LogP contribution in [0.4, 0.5) is 4.39 Å². The molecule has 1 heterocycles. The fourth-order valence-electron chi connectivity index (χ4n) is 1.64. The van der Waals surface area contributed by atoms with Crippen LogP contribution in [-0.2, 0) is 0 Å². The third-order valence-corrected chi connectivity index (χ3v) is 2.50. The average molecular weight is 160 g/mol. The summed E-state index contributed by atoms with van der Waals surface area (Å²) in [5.74, 6) is 0. The minimum atomic E-state index is -0.268. The Kier molecular flexibility index (Phi) is 2.84. The summed E-state index contributed by atoms with van der Waals surface area (Å²) >= 11 is 0. The van der Waals surface area contributed by atoms with Crippen LogP contribution in [0, 0.1) is 0 Å². The fourth-order valence-corrected chi connectivity index (χ4v) is 1.64. The normalized spacial score (nSPS) is 40.9. The summed E-state index contributed by atoms with van der Waals surface area (Å²) in [6.07, 6.45) is 0. The number of piperazine rings is 1. The van der Waals surface area contributed by atoms with Crippen LogP contribution in [0.2, 0.25) is 0 Å². The van der Waals surface area contributed by atoms with Gasteiger partial charge in [0.25, 0.3) is 0 Å². The first kappa shape index (κ1) is 8.94. The minimum Gasteiger partial charge on any atom is -0.306 e. The van der Waals surface area contributed by atoms with Crippen LogP contribution in [0.25, 0.3) is 0 Å². The summed E-state index contributed by atoms with van der Waals surface area (Å²) in [6.45, 7) is 4.89. The van der Waals surface area contributed by atoms with E-state index in [1.165, 1.54) is 0 Å². The van der Waals surface area contributed by atoms with E-state index >= 15 is 0 Å². The number of likely N-dealkylation sites (N-methyl/N-ethyl adjacent to an activating group) is 1. The van der Waals surface area contributed by atoms with Crippen molar-refractivity contribution in [2.24, 2.45) is 0 Å². The van der Waals surface area contributed by atoms with Crippen LogP contribution in [0.1, 0.15) is 13.8 Å². The van der Waals surface area contributed by atoms with Gasteiger partial charge in [0.2, 0.25) is 0 Å². The zero-order valence-electron chi connectivity index (χ0n) is 7.47. The molecule has 0 radical (unpaired) electrons. The Bertz CT molecular complexity index is 129. The van der Waals surface area contributed by atoms with Crippen LogP contribution >= 0.6 is 0 Å². The molecular formula is C8H17FN2. The third kappa shape index (κ3) is 1.91. The van der Waals surface area contributed by atoms with Crippen LogP contribution in [0.3, 0.4) is 0 Å². The molecule has 0 saturated carbocycles. The molecule has 1 fully saturated rings. The second-order valence-electron chi connectivity index (χ2n) is 3.51. The van der Waals surface area contributed by atoms with Crippen molar-refractivity contribution in [3.63, 3.8) is 0 Å². The van der Waals surface area contributed by atoms with E-state index in [0.29, 0.717) is 12.1 Å². The minimum absolute atomic E-state index is 0.0174. The third-order valence-electron chi connectivity index (χ3n) is 2.50. The maximum atomic E-state index is 12.4. The first-order chi connectivity index (χ1) is 5.15. The molecule has 11 heavy (non-hydrogen) atoms. The molecule has 0 aromatic carbocycles. The summed E-state index contributed by atoms with van der Waals surface area (Å²) in [4.78, 5) is 2.20. The van der Waals surface area contributed by atoms with Crippen molar-refractivity contribution in [3.05, 3.63) is 0 Å². The number of alkyl halides is 1. The zero-order chi connectivity index (χ0) is 8.43. The lowest BCUT2D eigenvalue weighted by Gasteiger charge is -2.40. The predicted molar refractivity (Wildman–Crippen MR) is 44.5 cm³/mol. The van der Waals surface area contributed by atoms with Crippen LogP contribution in [0.5, 0.6) is 0 Å². The number of rotatable bonds is 1. The lowest BCUT2D eigenvalue weighted by atomic mass is 10.0. The molecule has 3 atom stereocenters. The maximum Gasteiger partial charge on any atom is 0.106 e.